The predicted molar refractivity (Wildman–Crippen MR) is 106 cm³/mol. The molecule has 0 aliphatic carbocycles. The van der Waals surface area contributed by atoms with Gasteiger partial charge in [0.15, 0.2) is 0 Å². The van der Waals surface area contributed by atoms with Crippen LogP contribution in [-0.2, 0) is 0 Å². The Bertz CT molecular complexity index is 888. The number of aromatic nitrogens is 2. The van der Waals surface area contributed by atoms with Crippen LogP contribution in [0.4, 0.5) is 11.4 Å². The molecular formula is C20H20N4OS. The van der Waals surface area contributed by atoms with Crippen molar-refractivity contribution in [1.82, 2.24) is 9.97 Å². The Balaban J connectivity index is 1.53. The van der Waals surface area contributed by atoms with Crippen LogP contribution in [0.1, 0.15) is 29.8 Å². The SMILES string of the molecule is O=C(Nc1ccccc1N1CCCCC1)c1csc(-c2ccccn2)n1. The van der Waals surface area contributed by atoms with Gasteiger partial charge in [-0.25, -0.2) is 4.98 Å². The number of rotatable bonds is 4. The van der Waals surface area contributed by atoms with Gasteiger partial charge in [-0.3, -0.25) is 9.78 Å². The molecule has 132 valence electrons. The van der Waals surface area contributed by atoms with Crippen LogP contribution in [0.2, 0.25) is 0 Å². The highest BCUT2D eigenvalue weighted by Crippen LogP contribution is 2.29. The zero-order chi connectivity index (χ0) is 17.8. The number of para-hydroxylation sites is 2. The van der Waals surface area contributed by atoms with E-state index in [1.807, 2.05) is 36.4 Å². The average Bonchev–Trinajstić information content (AvgIpc) is 3.20. The lowest BCUT2D eigenvalue weighted by atomic mass is 10.1. The predicted octanol–water partition coefficient (Wildman–Crippen LogP) is 4.45. The van der Waals surface area contributed by atoms with Crippen LogP contribution in [0.3, 0.4) is 0 Å². The molecule has 0 radical (unpaired) electrons. The summed E-state index contributed by atoms with van der Waals surface area (Å²) >= 11 is 1.43. The number of amides is 1. The van der Waals surface area contributed by atoms with Crippen molar-refractivity contribution in [3.05, 3.63) is 59.7 Å². The van der Waals surface area contributed by atoms with E-state index in [-0.39, 0.29) is 5.91 Å². The van der Waals surface area contributed by atoms with Crippen LogP contribution in [0.15, 0.2) is 54.0 Å². The maximum Gasteiger partial charge on any atom is 0.275 e. The van der Waals surface area contributed by atoms with Crippen molar-refractivity contribution in [2.45, 2.75) is 19.3 Å². The summed E-state index contributed by atoms with van der Waals surface area (Å²) in [6.45, 7) is 2.07. The van der Waals surface area contributed by atoms with Crippen molar-refractivity contribution in [3.63, 3.8) is 0 Å². The smallest absolute Gasteiger partial charge is 0.275 e. The number of nitrogens with one attached hydrogen (secondary N) is 1. The number of benzene rings is 1. The van der Waals surface area contributed by atoms with Gasteiger partial charge in [0.05, 0.1) is 17.1 Å². The third-order valence-corrected chi connectivity index (χ3v) is 5.33. The molecule has 1 amide bonds. The summed E-state index contributed by atoms with van der Waals surface area (Å²) in [6.07, 6.45) is 5.40. The van der Waals surface area contributed by atoms with Gasteiger partial charge in [0.2, 0.25) is 0 Å². The first-order valence-electron chi connectivity index (χ1n) is 8.83. The van der Waals surface area contributed by atoms with Gasteiger partial charge in [-0.15, -0.1) is 11.3 Å². The Morgan fingerprint density at radius 1 is 1.04 bits per heavy atom. The fraction of sp³-hybridized carbons (Fsp3) is 0.250. The topological polar surface area (TPSA) is 58.1 Å². The summed E-state index contributed by atoms with van der Waals surface area (Å²) in [5.74, 6) is -0.187. The van der Waals surface area contributed by atoms with Crippen LogP contribution >= 0.6 is 11.3 Å². The summed E-state index contributed by atoms with van der Waals surface area (Å²) < 4.78 is 0. The van der Waals surface area contributed by atoms with Gasteiger partial charge >= 0.3 is 0 Å². The molecule has 4 rings (SSSR count). The highest BCUT2D eigenvalue weighted by molar-refractivity contribution is 7.13. The van der Waals surface area contributed by atoms with E-state index in [2.05, 4.69) is 26.3 Å². The zero-order valence-electron chi connectivity index (χ0n) is 14.4. The Hall–Kier alpha value is -2.73. The first-order valence-corrected chi connectivity index (χ1v) is 9.71. The number of carbonyl (C=O) groups is 1. The van der Waals surface area contributed by atoms with Gasteiger partial charge in [0.25, 0.3) is 5.91 Å². The van der Waals surface area contributed by atoms with Gasteiger partial charge in [-0.05, 0) is 43.5 Å². The van der Waals surface area contributed by atoms with Gasteiger partial charge in [0.1, 0.15) is 10.7 Å². The molecule has 1 aliphatic rings. The van der Waals surface area contributed by atoms with E-state index in [0.717, 1.165) is 35.2 Å². The molecule has 1 aliphatic heterocycles. The minimum absolute atomic E-state index is 0.187. The van der Waals surface area contributed by atoms with Crippen LogP contribution < -0.4 is 10.2 Å². The second-order valence-corrected chi connectivity index (χ2v) is 7.13. The number of thiazole rings is 1. The standard InChI is InChI=1S/C20H20N4OS/c25-19(17-14-26-20(23-17)16-9-4-5-11-21-16)22-15-8-2-3-10-18(15)24-12-6-1-7-13-24/h2-5,8-11,14H,1,6-7,12-13H2,(H,22,25). The largest absolute Gasteiger partial charge is 0.370 e. The molecule has 2 aromatic heterocycles. The van der Waals surface area contributed by atoms with Gasteiger partial charge < -0.3 is 10.2 Å². The maximum atomic E-state index is 12.7. The fourth-order valence-corrected chi connectivity index (χ4v) is 3.94. The van der Waals surface area contributed by atoms with E-state index >= 15 is 0 Å². The minimum Gasteiger partial charge on any atom is -0.370 e. The number of pyridine rings is 1. The van der Waals surface area contributed by atoms with Crippen LogP contribution in [0.25, 0.3) is 10.7 Å². The summed E-state index contributed by atoms with van der Waals surface area (Å²) in [4.78, 5) is 23.8. The number of piperidine rings is 1. The zero-order valence-corrected chi connectivity index (χ0v) is 15.2. The van der Waals surface area contributed by atoms with E-state index in [0.29, 0.717) is 5.69 Å². The molecule has 6 heteroatoms. The lowest BCUT2D eigenvalue weighted by molar-refractivity contribution is 0.102. The quantitative estimate of drug-likeness (QED) is 0.743. The van der Waals surface area contributed by atoms with Gasteiger partial charge in [-0.2, -0.15) is 0 Å². The summed E-state index contributed by atoms with van der Waals surface area (Å²) in [5.41, 5.74) is 3.13. The Morgan fingerprint density at radius 2 is 1.85 bits per heavy atom. The van der Waals surface area contributed by atoms with Crippen LogP contribution in [-0.4, -0.2) is 29.0 Å². The molecule has 1 saturated heterocycles. The summed E-state index contributed by atoms with van der Waals surface area (Å²) in [6, 6.07) is 13.7. The molecule has 1 N–H and O–H groups in total. The highest BCUT2D eigenvalue weighted by atomic mass is 32.1. The van der Waals surface area contributed by atoms with Gasteiger partial charge in [0, 0.05) is 24.7 Å². The number of anilines is 2. The van der Waals surface area contributed by atoms with Crippen molar-refractivity contribution >= 4 is 28.6 Å². The molecule has 0 atom stereocenters. The van der Waals surface area contributed by atoms with E-state index in [9.17, 15) is 4.79 Å². The summed E-state index contributed by atoms with van der Waals surface area (Å²) in [7, 11) is 0. The van der Waals surface area contributed by atoms with E-state index in [1.165, 1.54) is 30.6 Å². The second kappa shape index (κ2) is 7.66. The van der Waals surface area contributed by atoms with E-state index in [4.69, 9.17) is 0 Å². The molecule has 26 heavy (non-hydrogen) atoms. The van der Waals surface area contributed by atoms with Crippen LogP contribution in [0.5, 0.6) is 0 Å². The van der Waals surface area contributed by atoms with Crippen molar-refractivity contribution < 1.29 is 4.79 Å². The minimum atomic E-state index is -0.187. The van der Waals surface area contributed by atoms with Crippen LogP contribution in [0, 0.1) is 0 Å². The Kier molecular flexibility index (Phi) is 4.93. The molecule has 0 bridgehead atoms. The molecule has 1 fully saturated rings. The Morgan fingerprint density at radius 3 is 2.65 bits per heavy atom. The molecule has 1 aromatic carbocycles. The first kappa shape index (κ1) is 16.7. The molecule has 3 aromatic rings. The molecular weight excluding hydrogens is 344 g/mol. The van der Waals surface area contributed by atoms with E-state index < -0.39 is 0 Å². The van der Waals surface area contributed by atoms with Gasteiger partial charge in [-0.1, -0.05) is 18.2 Å². The fourth-order valence-electron chi connectivity index (χ4n) is 3.16. The third kappa shape index (κ3) is 3.60. The molecule has 5 nitrogen and oxygen atoms in total. The van der Waals surface area contributed by atoms with Crippen molar-refractivity contribution in [1.29, 1.82) is 0 Å². The van der Waals surface area contributed by atoms with Crippen molar-refractivity contribution in [2.75, 3.05) is 23.3 Å². The number of hydrogen-bond donors (Lipinski definition) is 1. The summed E-state index contributed by atoms with van der Waals surface area (Å²) in [5, 5.41) is 5.56. The third-order valence-electron chi connectivity index (χ3n) is 4.47. The van der Waals surface area contributed by atoms with Crippen molar-refractivity contribution in [2.24, 2.45) is 0 Å². The monoisotopic (exact) mass is 364 g/mol. The highest BCUT2D eigenvalue weighted by Gasteiger charge is 2.17. The normalized spacial score (nSPS) is 14.2. The maximum absolute atomic E-state index is 12.7. The number of hydrogen-bond acceptors (Lipinski definition) is 5. The van der Waals surface area contributed by atoms with Crippen molar-refractivity contribution in [3.8, 4) is 10.7 Å². The number of nitrogens with zero attached hydrogens (tertiary/aromatic N) is 3. The lowest BCUT2D eigenvalue weighted by Gasteiger charge is -2.30. The average molecular weight is 364 g/mol. The Labute approximate surface area is 156 Å². The van der Waals surface area contributed by atoms with E-state index in [1.54, 1.807) is 11.6 Å². The molecule has 0 spiro atoms. The second-order valence-electron chi connectivity index (χ2n) is 6.27. The molecule has 0 saturated carbocycles. The first-order chi connectivity index (χ1) is 12.8. The number of carbonyl (C=O) groups excluding carboxylic acids is 1. The molecule has 3 heterocycles. The molecule has 0 unspecified atom stereocenters. The lowest BCUT2D eigenvalue weighted by Crippen LogP contribution is -2.30.